The van der Waals surface area contributed by atoms with Crippen LogP contribution in [-0.2, 0) is 32.5 Å². The van der Waals surface area contributed by atoms with E-state index in [1.165, 1.54) is 150 Å². The fourth-order valence-electron chi connectivity index (χ4n) is 15.9. The van der Waals surface area contributed by atoms with E-state index < -0.39 is 0 Å². The Hall–Kier alpha value is -6.60. The number of benzene rings is 8. The van der Waals surface area contributed by atoms with Gasteiger partial charge in [-0.15, -0.1) is 22.7 Å². The van der Waals surface area contributed by atoms with Gasteiger partial charge in [-0.05, 0) is 213 Å². The number of fused-ring (bicyclic) bond motifs is 12. The highest BCUT2D eigenvalue weighted by molar-refractivity contribution is 7.33. The molecule has 5 aliphatic rings. The molecule has 0 atom stereocenters. The molecule has 0 fully saturated rings. The van der Waals surface area contributed by atoms with Crippen LogP contribution in [0.15, 0.2) is 146 Å². The molecule has 412 valence electrons. The molecule has 0 N–H and O–H groups in total. The Bertz CT molecular complexity index is 4370. The summed E-state index contributed by atoms with van der Waals surface area (Å²) in [5, 5.41) is 4.02. The number of nitrogens with zero attached hydrogens (tertiary/aromatic N) is 3. The molecule has 6 heteroatoms. The highest BCUT2D eigenvalue weighted by atomic mass is 32.1. The molecule has 0 amide bonds. The van der Waals surface area contributed by atoms with Gasteiger partial charge in [-0.1, -0.05) is 156 Å². The van der Waals surface area contributed by atoms with Gasteiger partial charge in [-0.25, -0.2) is 0 Å². The largest absolute Gasteiger partial charge is 0.310 e. The van der Waals surface area contributed by atoms with Crippen LogP contribution in [0.3, 0.4) is 0 Å². The first-order valence-corrected chi connectivity index (χ1v) is 32.1. The lowest BCUT2D eigenvalue weighted by Gasteiger charge is -2.47. The highest BCUT2D eigenvalue weighted by Crippen LogP contribution is 2.58. The monoisotopic (exact) mass is 1110 g/mol. The van der Waals surface area contributed by atoms with E-state index in [9.17, 15) is 0 Å². The fraction of sp³-hybridized carbons (Fsp3) is 0.342. The molecule has 15 rings (SSSR count). The summed E-state index contributed by atoms with van der Waals surface area (Å²) in [4.78, 5) is 8.12. The van der Waals surface area contributed by atoms with Gasteiger partial charge in [0.05, 0.1) is 21.8 Å². The van der Waals surface area contributed by atoms with Crippen molar-refractivity contribution in [3.63, 3.8) is 0 Å². The summed E-state index contributed by atoms with van der Waals surface area (Å²) in [6.07, 6.45) is 6.99. The molecular formula is C76H78BN3S2. The van der Waals surface area contributed by atoms with Crippen LogP contribution >= 0.6 is 22.7 Å². The van der Waals surface area contributed by atoms with Crippen LogP contribution in [0, 0.1) is 13.8 Å². The van der Waals surface area contributed by atoms with Crippen molar-refractivity contribution in [1.29, 1.82) is 0 Å². The molecule has 3 nitrogen and oxygen atoms in total. The minimum Gasteiger partial charge on any atom is -0.310 e. The van der Waals surface area contributed by atoms with Crippen LogP contribution in [0.5, 0.6) is 0 Å². The maximum absolute atomic E-state index is 2.79. The van der Waals surface area contributed by atoms with Gasteiger partial charge in [0.15, 0.2) is 0 Å². The van der Waals surface area contributed by atoms with E-state index in [1.807, 2.05) is 11.3 Å². The third kappa shape index (κ3) is 7.57. The molecule has 3 aliphatic carbocycles. The van der Waals surface area contributed by atoms with Gasteiger partial charge in [-0.2, -0.15) is 0 Å². The smallest absolute Gasteiger partial charge is 0.264 e. The number of anilines is 9. The SMILES string of the molecule is Cc1cccc(N(c2cc3c4c(c2)N(c2cccc5c2sc2ccccc25)c2cc5c(cc2B4c2sc4cc6c(cc4c2N3c2ccc3c(c2)C(C)(C)CCC3(C)C)C(C)(C)CCC6(C)C)C(C)(C)CCC5(C)C)c2ccccc2C)c1. The minimum atomic E-state index is -0.0290. The Morgan fingerprint density at radius 1 is 0.415 bits per heavy atom. The van der Waals surface area contributed by atoms with Crippen molar-refractivity contribution in [2.45, 2.75) is 168 Å². The lowest BCUT2D eigenvalue weighted by atomic mass is 9.35. The van der Waals surface area contributed by atoms with Crippen LogP contribution in [-0.4, -0.2) is 6.71 Å². The maximum Gasteiger partial charge on any atom is 0.264 e. The van der Waals surface area contributed by atoms with E-state index >= 15 is 0 Å². The van der Waals surface area contributed by atoms with Gasteiger partial charge in [0.1, 0.15) is 0 Å². The van der Waals surface area contributed by atoms with E-state index in [0.717, 1.165) is 30.6 Å². The summed E-state index contributed by atoms with van der Waals surface area (Å²) in [6.45, 7) is 34.5. The number of hydrogen-bond donors (Lipinski definition) is 0. The first kappa shape index (κ1) is 52.2. The predicted molar refractivity (Wildman–Crippen MR) is 359 cm³/mol. The molecule has 82 heavy (non-hydrogen) atoms. The predicted octanol–water partition coefficient (Wildman–Crippen LogP) is 20.5. The van der Waals surface area contributed by atoms with Crippen LogP contribution in [0.1, 0.15) is 166 Å². The van der Waals surface area contributed by atoms with Gasteiger partial charge in [0.2, 0.25) is 0 Å². The fourth-order valence-corrected chi connectivity index (χ4v) is 18.4. The lowest BCUT2D eigenvalue weighted by Crippen LogP contribution is -2.61. The molecule has 0 radical (unpaired) electrons. The number of aryl methyl sites for hydroxylation is 2. The Labute approximate surface area is 496 Å². The number of hydrogen-bond acceptors (Lipinski definition) is 5. The standard InChI is InChI=1S/C76H78BN3S2/c1-45-21-19-23-47(37-45)78(60-26-17-15-22-46(60)2)49-39-63-67-64(40-49)80(61-27-20-25-51-50-24-16-18-28-65(50)81-69(51)61)62-43-57-56(74(9,10)34-35-75(57,11)12)42-59(62)77(67)70-68(52-41-55-58(44-66(52)82-70)76(13,14)36-33-73(55,7)8)79(63)48-29-30-53-54(38-48)72(5,6)32-31-71(53,3)4/h15-30,37-44H,31-36H2,1-14H3. The summed E-state index contributed by atoms with van der Waals surface area (Å²) in [7, 11) is 0. The zero-order valence-electron chi connectivity index (χ0n) is 50.8. The third-order valence-corrected chi connectivity index (χ3v) is 23.6. The van der Waals surface area contributed by atoms with E-state index in [4.69, 9.17) is 0 Å². The van der Waals surface area contributed by atoms with Gasteiger partial charge in [-0.3, -0.25) is 0 Å². The Balaban J connectivity index is 1.14. The van der Waals surface area contributed by atoms with E-state index in [0.29, 0.717) is 0 Å². The van der Waals surface area contributed by atoms with E-state index in [-0.39, 0.29) is 39.2 Å². The molecule has 2 aliphatic heterocycles. The van der Waals surface area contributed by atoms with E-state index in [1.54, 1.807) is 0 Å². The summed E-state index contributed by atoms with van der Waals surface area (Å²) < 4.78 is 5.50. The molecule has 0 saturated carbocycles. The molecular weight excluding hydrogens is 1030 g/mol. The van der Waals surface area contributed by atoms with Crippen molar-refractivity contribution in [2.75, 3.05) is 14.7 Å². The van der Waals surface area contributed by atoms with Gasteiger partial charge >= 0.3 is 0 Å². The Morgan fingerprint density at radius 2 is 0.988 bits per heavy atom. The summed E-state index contributed by atoms with van der Waals surface area (Å²) in [5.41, 5.74) is 25.7. The van der Waals surface area contributed by atoms with Gasteiger partial charge in [0, 0.05) is 64.5 Å². The zero-order chi connectivity index (χ0) is 56.9. The number of para-hydroxylation sites is 1. The number of rotatable bonds is 5. The van der Waals surface area contributed by atoms with Crippen molar-refractivity contribution < 1.29 is 0 Å². The molecule has 0 unspecified atom stereocenters. The summed E-state index contributed by atoms with van der Waals surface area (Å²) in [5.74, 6) is 0. The normalized spacial score (nSPS) is 19.1. The van der Waals surface area contributed by atoms with Gasteiger partial charge in [0.25, 0.3) is 6.71 Å². The van der Waals surface area contributed by atoms with Crippen LogP contribution < -0.4 is 30.4 Å². The Morgan fingerprint density at radius 3 is 1.67 bits per heavy atom. The first-order chi connectivity index (χ1) is 38.9. The van der Waals surface area contributed by atoms with Crippen molar-refractivity contribution in [3.05, 3.63) is 190 Å². The second kappa shape index (κ2) is 17.5. The Kier molecular flexibility index (Phi) is 11.1. The highest BCUT2D eigenvalue weighted by Gasteiger charge is 2.50. The summed E-state index contributed by atoms with van der Waals surface area (Å²) >= 11 is 4.03. The van der Waals surface area contributed by atoms with Crippen LogP contribution in [0.25, 0.3) is 30.3 Å². The molecule has 8 aromatic carbocycles. The molecule has 0 bridgehead atoms. The zero-order valence-corrected chi connectivity index (χ0v) is 52.5. The molecule has 10 aromatic rings. The van der Waals surface area contributed by atoms with Crippen LogP contribution in [0.4, 0.5) is 51.2 Å². The average molecular weight is 1110 g/mol. The maximum atomic E-state index is 2.79. The average Bonchev–Trinajstić information content (AvgIpc) is 1.27. The van der Waals surface area contributed by atoms with Crippen molar-refractivity contribution in [3.8, 4) is 0 Å². The molecule has 0 spiro atoms. The van der Waals surface area contributed by atoms with Gasteiger partial charge < -0.3 is 14.7 Å². The summed E-state index contributed by atoms with van der Waals surface area (Å²) in [6, 6.07) is 58.0. The van der Waals surface area contributed by atoms with Crippen molar-refractivity contribution in [1.82, 2.24) is 0 Å². The molecule has 4 heterocycles. The first-order valence-electron chi connectivity index (χ1n) is 30.5. The molecule has 0 saturated heterocycles. The lowest BCUT2D eigenvalue weighted by molar-refractivity contribution is 0.332. The second-order valence-corrected chi connectivity index (χ2v) is 31.5. The van der Waals surface area contributed by atoms with Crippen molar-refractivity contribution >= 4 is 127 Å². The topological polar surface area (TPSA) is 9.72 Å². The molecule has 2 aromatic heterocycles. The quantitative estimate of drug-likeness (QED) is 0.159. The third-order valence-electron chi connectivity index (χ3n) is 21.2. The minimum absolute atomic E-state index is 0.00509. The number of thiophene rings is 2. The van der Waals surface area contributed by atoms with E-state index in [2.05, 4.69) is 269 Å². The van der Waals surface area contributed by atoms with Crippen LogP contribution in [0.2, 0.25) is 0 Å². The second-order valence-electron chi connectivity index (χ2n) is 29.4. The van der Waals surface area contributed by atoms with Crippen molar-refractivity contribution in [2.24, 2.45) is 0 Å².